The van der Waals surface area contributed by atoms with E-state index in [4.69, 9.17) is 62.7 Å². The van der Waals surface area contributed by atoms with Crippen LogP contribution in [0.15, 0.2) is 42.5 Å². The van der Waals surface area contributed by atoms with E-state index in [2.05, 4.69) is 0 Å². The third kappa shape index (κ3) is 3.98. The number of β-lactam (4-membered cyclic amide) rings is 1. The number of hydrogen-bond donors (Lipinski definition) is 0. The van der Waals surface area contributed by atoms with Crippen LogP contribution < -0.4 is 9.64 Å². The Morgan fingerprint density at radius 2 is 1.32 bits per heavy atom. The SMILES string of the molecule is CCOc1ccc([C@@H]2[C@@H](N3C(=O)c4c(Cl)c(Cl)c(Cl)c(Cl)c4C3=O)C(=O)N2c2cc(Cl)ccc2C)cc1. The minimum absolute atomic E-state index is 0.144. The molecule has 11 heteroatoms. The summed E-state index contributed by atoms with van der Waals surface area (Å²) in [6, 6.07) is 10.4. The average molecular weight is 599 g/mol. The van der Waals surface area contributed by atoms with Crippen molar-refractivity contribution in [2.45, 2.75) is 25.9 Å². The summed E-state index contributed by atoms with van der Waals surface area (Å²) in [4.78, 5) is 43.2. The fourth-order valence-corrected chi connectivity index (χ4v) is 5.90. The van der Waals surface area contributed by atoms with Gasteiger partial charge in [-0.3, -0.25) is 19.3 Å². The van der Waals surface area contributed by atoms with Crippen molar-refractivity contribution < 1.29 is 19.1 Å². The van der Waals surface area contributed by atoms with Crippen LogP contribution in [0.5, 0.6) is 5.75 Å². The molecule has 0 unspecified atom stereocenters. The van der Waals surface area contributed by atoms with Gasteiger partial charge in [0.2, 0.25) is 0 Å². The van der Waals surface area contributed by atoms with Crippen molar-refractivity contribution in [1.82, 2.24) is 4.90 Å². The molecular weight excluding hydrogens is 582 g/mol. The van der Waals surface area contributed by atoms with Gasteiger partial charge < -0.3 is 9.64 Å². The second-order valence-electron chi connectivity index (χ2n) is 8.52. The van der Waals surface area contributed by atoms with E-state index < -0.39 is 29.8 Å². The molecule has 0 radical (unpaired) electrons. The Kier molecular flexibility index (Phi) is 6.84. The Morgan fingerprint density at radius 1 is 0.757 bits per heavy atom. The van der Waals surface area contributed by atoms with Gasteiger partial charge in [-0.1, -0.05) is 76.2 Å². The largest absolute Gasteiger partial charge is 0.494 e. The third-order valence-corrected chi connectivity index (χ3v) is 8.48. The predicted molar refractivity (Wildman–Crippen MR) is 145 cm³/mol. The van der Waals surface area contributed by atoms with Gasteiger partial charge in [-0.2, -0.15) is 0 Å². The molecule has 0 saturated carbocycles. The Bertz CT molecular complexity index is 1440. The topological polar surface area (TPSA) is 66.9 Å². The molecule has 3 amide bonds. The molecular formula is C26H17Cl5N2O4. The smallest absolute Gasteiger partial charge is 0.264 e. The van der Waals surface area contributed by atoms with E-state index in [1.165, 1.54) is 4.90 Å². The summed E-state index contributed by atoms with van der Waals surface area (Å²) in [6.07, 6.45) is 0. The molecule has 0 N–H and O–H groups in total. The van der Waals surface area contributed by atoms with Gasteiger partial charge in [0, 0.05) is 10.7 Å². The van der Waals surface area contributed by atoms with Crippen LogP contribution in [0.2, 0.25) is 25.1 Å². The maximum Gasteiger partial charge on any atom is 0.264 e. The lowest BCUT2D eigenvalue weighted by molar-refractivity contribution is -0.130. The van der Waals surface area contributed by atoms with Crippen LogP contribution in [0.3, 0.4) is 0 Å². The monoisotopic (exact) mass is 596 g/mol. The number of carbonyl (C=O) groups is 3. The van der Waals surface area contributed by atoms with Crippen LogP contribution in [-0.4, -0.2) is 35.3 Å². The fourth-order valence-electron chi connectivity index (χ4n) is 4.71. The lowest BCUT2D eigenvalue weighted by Crippen LogP contribution is -2.67. The first-order valence-corrected chi connectivity index (χ1v) is 13.0. The van der Waals surface area contributed by atoms with Gasteiger partial charge in [0.1, 0.15) is 11.8 Å². The van der Waals surface area contributed by atoms with Crippen molar-refractivity contribution in [3.8, 4) is 5.75 Å². The molecule has 2 aliphatic rings. The lowest BCUT2D eigenvalue weighted by Gasteiger charge is -2.50. The number of hydrogen-bond acceptors (Lipinski definition) is 4. The van der Waals surface area contributed by atoms with Crippen molar-refractivity contribution in [3.63, 3.8) is 0 Å². The maximum absolute atomic E-state index is 13.7. The lowest BCUT2D eigenvalue weighted by atomic mass is 9.85. The number of fused-ring (bicyclic) bond motifs is 1. The fraction of sp³-hybridized carbons (Fsp3) is 0.192. The van der Waals surface area contributed by atoms with Crippen LogP contribution in [-0.2, 0) is 4.79 Å². The van der Waals surface area contributed by atoms with Gasteiger partial charge in [0.05, 0.1) is 43.9 Å². The molecule has 0 aliphatic carbocycles. The normalized spacial score (nSPS) is 18.8. The van der Waals surface area contributed by atoms with Gasteiger partial charge in [0.15, 0.2) is 0 Å². The molecule has 190 valence electrons. The number of anilines is 1. The molecule has 3 aromatic rings. The average Bonchev–Trinajstić information content (AvgIpc) is 3.13. The van der Waals surface area contributed by atoms with Crippen molar-refractivity contribution in [2.75, 3.05) is 11.5 Å². The number of halogens is 5. The number of carbonyl (C=O) groups excluding carboxylic acids is 3. The second-order valence-corrected chi connectivity index (χ2v) is 10.5. The summed E-state index contributed by atoms with van der Waals surface area (Å²) in [5.41, 5.74) is 1.67. The minimum Gasteiger partial charge on any atom is -0.494 e. The van der Waals surface area contributed by atoms with Gasteiger partial charge in [-0.05, 0) is 49.2 Å². The molecule has 3 aromatic carbocycles. The first-order valence-electron chi connectivity index (χ1n) is 11.1. The number of benzene rings is 3. The zero-order chi connectivity index (χ0) is 26.8. The second kappa shape index (κ2) is 9.68. The van der Waals surface area contributed by atoms with Gasteiger partial charge >= 0.3 is 0 Å². The summed E-state index contributed by atoms with van der Waals surface area (Å²) in [5, 5.41) is -0.243. The number of rotatable bonds is 5. The van der Waals surface area contributed by atoms with Crippen molar-refractivity contribution in [3.05, 3.63) is 89.8 Å². The summed E-state index contributed by atoms with van der Waals surface area (Å²) in [6.45, 7) is 4.20. The highest BCUT2D eigenvalue weighted by molar-refractivity contribution is 6.55. The van der Waals surface area contributed by atoms with Crippen molar-refractivity contribution in [2.24, 2.45) is 0 Å². The summed E-state index contributed by atoms with van der Waals surface area (Å²) in [5.74, 6) is -1.38. The van der Waals surface area contributed by atoms with Crippen LogP contribution in [0, 0.1) is 6.92 Å². The number of aryl methyl sites for hydroxylation is 1. The number of nitrogens with zero attached hydrogens (tertiary/aromatic N) is 2. The van der Waals surface area contributed by atoms with Crippen LogP contribution in [0.4, 0.5) is 5.69 Å². The summed E-state index contributed by atoms with van der Waals surface area (Å²) >= 11 is 31.2. The van der Waals surface area contributed by atoms with Crippen molar-refractivity contribution in [1.29, 1.82) is 0 Å². The Labute approximate surface area is 237 Å². The molecule has 0 spiro atoms. The Morgan fingerprint density at radius 3 is 1.86 bits per heavy atom. The first kappa shape index (κ1) is 26.1. The maximum atomic E-state index is 13.7. The molecule has 0 bridgehead atoms. The van der Waals surface area contributed by atoms with Crippen LogP contribution in [0.1, 0.15) is 44.8 Å². The van der Waals surface area contributed by atoms with Gasteiger partial charge in [-0.15, -0.1) is 0 Å². The third-order valence-electron chi connectivity index (χ3n) is 6.44. The van der Waals surface area contributed by atoms with E-state index in [-0.39, 0.29) is 31.2 Å². The van der Waals surface area contributed by atoms with E-state index in [0.29, 0.717) is 28.6 Å². The Balaban J connectivity index is 1.63. The number of ether oxygens (including phenoxy) is 1. The highest BCUT2D eigenvalue weighted by Crippen LogP contribution is 2.49. The van der Waals surface area contributed by atoms with Crippen LogP contribution >= 0.6 is 58.0 Å². The zero-order valence-corrected chi connectivity index (χ0v) is 23.1. The van der Waals surface area contributed by atoms with Crippen LogP contribution in [0.25, 0.3) is 0 Å². The molecule has 5 rings (SSSR count). The molecule has 2 aliphatic heterocycles. The quantitative estimate of drug-likeness (QED) is 0.133. The summed E-state index contributed by atoms with van der Waals surface area (Å²) in [7, 11) is 0. The summed E-state index contributed by atoms with van der Waals surface area (Å²) < 4.78 is 5.54. The molecule has 37 heavy (non-hydrogen) atoms. The standard InChI is InChI=1S/C26H17Cl5N2O4/c1-3-37-14-8-5-12(6-9-14)22-23(26(36)32(22)15-10-13(27)7-4-11(15)2)33-24(34)16-17(25(33)35)19(29)21(31)20(30)18(16)28/h4-10,22-23H,3H2,1-2H3/t22-,23-/m1/s1. The molecule has 0 aromatic heterocycles. The van der Waals surface area contributed by atoms with Gasteiger partial charge in [0.25, 0.3) is 17.7 Å². The van der Waals surface area contributed by atoms with Crippen molar-refractivity contribution >= 4 is 81.4 Å². The number of amides is 3. The molecule has 1 saturated heterocycles. The van der Waals surface area contributed by atoms with E-state index in [9.17, 15) is 14.4 Å². The first-order chi connectivity index (χ1) is 17.6. The van der Waals surface area contributed by atoms with E-state index in [0.717, 1.165) is 10.5 Å². The van der Waals surface area contributed by atoms with E-state index in [1.54, 1.807) is 42.5 Å². The number of imide groups is 1. The highest BCUT2D eigenvalue weighted by Gasteiger charge is 2.58. The zero-order valence-electron chi connectivity index (χ0n) is 19.3. The van der Waals surface area contributed by atoms with E-state index in [1.807, 2.05) is 13.8 Å². The molecule has 1 fully saturated rings. The Hall–Kier alpha value is -2.48. The predicted octanol–water partition coefficient (Wildman–Crippen LogP) is 7.41. The molecule has 2 atom stereocenters. The molecule has 2 heterocycles. The van der Waals surface area contributed by atoms with E-state index >= 15 is 0 Å². The molecule has 6 nitrogen and oxygen atoms in total. The minimum atomic E-state index is -1.17. The van der Waals surface area contributed by atoms with Gasteiger partial charge in [-0.25, -0.2) is 0 Å². The highest BCUT2D eigenvalue weighted by atomic mass is 35.5.